The quantitative estimate of drug-likeness (QED) is 0.734. The molecular weight excluding hydrogens is 220 g/mol. The van der Waals surface area contributed by atoms with E-state index in [4.69, 9.17) is 9.47 Å². The molecule has 0 saturated carbocycles. The molecule has 0 amide bonds. The van der Waals surface area contributed by atoms with Crippen molar-refractivity contribution in [3.63, 3.8) is 0 Å². The maximum atomic E-state index is 11.4. The summed E-state index contributed by atoms with van der Waals surface area (Å²) < 4.78 is 9.88. The van der Waals surface area contributed by atoms with Gasteiger partial charge in [-0.1, -0.05) is 30.3 Å². The van der Waals surface area contributed by atoms with Gasteiger partial charge in [0.15, 0.2) is 0 Å². The largest absolute Gasteiger partial charge is 0.462 e. The number of carbonyl (C=O) groups excluding carboxylic acids is 2. The van der Waals surface area contributed by atoms with Crippen molar-refractivity contribution in [2.24, 2.45) is 0 Å². The molecule has 0 spiro atoms. The van der Waals surface area contributed by atoms with Crippen molar-refractivity contribution in [2.75, 3.05) is 0 Å². The van der Waals surface area contributed by atoms with E-state index in [1.54, 1.807) is 6.92 Å². The molecule has 4 heteroatoms. The lowest BCUT2D eigenvalue weighted by atomic mass is 10.2. The van der Waals surface area contributed by atoms with Crippen LogP contribution in [-0.4, -0.2) is 18.0 Å². The van der Waals surface area contributed by atoms with Gasteiger partial charge >= 0.3 is 11.9 Å². The third-order valence-electron chi connectivity index (χ3n) is 2.06. The highest BCUT2D eigenvalue weighted by atomic mass is 16.6. The van der Waals surface area contributed by atoms with E-state index in [0.717, 1.165) is 5.56 Å². The highest BCUT2D eigenvalue weighted by molar-refractivity contribution is 5.71. The van der Waals surface area contributed by atoms with E-state index >= 15 is 0 Å². The second-order valence-corrected chi connectivity index (χ2v) is 3.77. The molecule has 0 fully saturated rings. The van der Waals surface area contributed by atoms with Crippen LogP contribution in [0.25, 0.3) is 0 Å². The van der Waals surface area contributed by atoms with Gasteiger partial charge in [-0.15, -0.1) is 0 Å². The highest BCUT2D eigenvalue weighted by Crippen LogP contribution is 2.04. The number of carbonyl (C=O) groups is 2. The van der Waals surface area contributed by atoms with E-state index in [2.05, 4.69) is 0 Å². The SMILES string of the molecule is CC(=O)O[C@@H](C)CC(=O)OCc1ccccc1. The molecule has 0 aliphatic heterocycles. The fraction of sp³-hybridized carbons (Fsp3) is 0.385. The number of ether oxygens (including phenoxy) is 2. The first-order chi connectivity index (χ1) is 8.08. The van der Waals surface area contributed by atoms with Crippen LogP contribution in [0.5, 0.6) is 0 Å². The van der Waals surface area contributed by atoms with Gasteiger partial charge in [0.05, 0.1) is 6.42 Å². The van der Waals surface area contributed by atoms with Gasteiger partial charge in [-0.2, -0.15) is 0 Å². The predicted molar refractivity (Wildman–Crippen MR) is 62.1 cm³/mol. The van der Waals surface area contributed by atoms with E-state index in [0.29, 0.717) is 0 Å². The highest BCUT2D eigenvalue weighted by Gasteiger charge is 2.12. The number of hydrogen-bond donors (Lipinski definition) is 0. The van der Waals surface area contributed by atoms with Gasteiger partial charge in [-0.25, -0.2) is 0 Å². The van der Waals surface area contributed by atoms with Crippen LogP contribution in [0.4, 0.5) is 0 Å². The summed E-state index contributed by atoms with van der Waals surface area (Å²) in [5.74, 6) is -0.768. The van der Waals surface area contributed by atoms with Crippen LogP contribution in [0.1, 0.15) is 25.8 Å². The van der Waals surface area contributed by atoms with E-state index in [-0.39, 0.29) is 19.0 Å². The minimum atomic E-state index is -0.448. The molecule has 0 unspecified atom stereocenters. The van der Waals surface area contributed by atoms with Crippen molar-refractivity contribution >= 4 is 11.9 Å². The van der Waals surface area contributed by atoms with E-state index in [9.17, 15) is 9.59 Å². The third-order valence-corrected chi connectivity index (χ3v) is 2.06. The molecule has 0 aliphatic carbocycles. The zero-order chi connectivity index (χ0) is 12.7. The Hall–Kier alpha value is -1.84. The Morgan fingerprint density at radius 3 is 2.47 bits per heavy atom. The number of benzene rings is 1. The zero-order valence-corrected chi connectivity index (χ0v) is 10.0. The summed E-state index contributed by atoms with van der Waals surface area (Å²) in [6, 6.07) is 9.41. The molecule has 1 atom stereocenters. The van der Waals surface area contributed by atoms with E-state index < -0.39 is 12.1 Å². The fourth-order valence-corrected chi connectivity index (χ4v) is 1.36. The second-order valence-electron chi connectivity index (χ2n) is 3.77. The van der Waals surface area contributed by atoms with Crippen LogP contribution in [0.15, 0.2) is 30.3 Å². The lowest BCUT2D eigenvalue weighted by Gasteiger charge is -2.11. The van der Waals surface area contributed by atoms with Gasteiger partial charge in [0.1, 0.15) is 12.7 Å². The zero-order valence-electron chi connectivity index (χ0n) is 10.0. The van der Waals surface area contributed by atoms with Crippen molar-refractivity contribution in [3.8, 4) is 0 Å². The Bertz CT molecular complexity index is 372. The van der Waals surface area contributed by atoms with Gasteiger partial charge in [0.25, 0.3) is 0 Å². The summed E-state index contributed by atoms with van der Waals surface area (Å²) in [5.41, 5.74) is 0.931. The van der Waals surface area contributed by atoms with Crippen molar-refractivity contribution in [2.45, 2.75) is 33.0 Å². The maximum Gasteiger partial charge on any atom is 0.309 e. The number of hydrogen-bond acceptors (Lipinski definition) is 4. The Kier molecular flexibility index (Phi) is 5.20. The summed E-state index contributed by atoms with van der Waals surface area (Å²) in [6.45, 7) is 3.21. The standard InChI is InChI=1S/C13H16O4/c1-10(17-11(2)14)8-13(15)16-9-12-6-4-3-5-7-12/h3-7,10H,8-9H2,1-2H3/t10-/m0/s1. The average molecular weight is 236 g/mol. The van der Waals surface area contributed by atoms with Crippen molar-refractivity contribution in [1.82, 2.24) is 0 Å². The van der Waals surface area contributed by atoms with Crippen molar-refractivity contribution in [1.29, 1.82) is 0 Å². The first kappa shape index (κ1) is 13.2. The van der Waals surface area contributed by atoms with Gasteiger partial charge in [-0.05, 0) is 12.5 Å². The molecule has 0 saturated heterocycles. The molecule has 1 aromatic carbocycles. The second kappa shape index (κ2) is 6.68. The maximum absolute atomic E-state index is 11.4. The molecule has 0 N–H and O–H groups in total. The molecule has 1 rings (SSSR count). The van der Waals surface area contributed by atoms with Crippen LogP contribution in [0.2, 0.25) is 0 Å². The van der Waals surface area contributed by atoms with Gasteiger partial charge in [0, 0.05) is 6.92 Å². The average Bonchev–Trinajstić information content (AvgIpc) is 2.26. The Labute approximate surface area is 101 Å². The predicted octanol–water partition coefficient (Wildman–Crippen LogP) is 2.07. The normalized spacial score (nSPS) is 11.6. The minimum absolute atomic E-state index is 0.0758. The molecule has 4 nitrogen and oxygen atoms in total. The molecular formula is C13H16O4. The first-order valence-corrected chi connectivity index (χ1v) is 5.44. The van der Waals surface area contributed by atoms with E-state index in [1.807, 2.05) is 30.3 Å². The molecule has 0 bridgehead atoms. The molecule has 0 radical (unpaired) electrons. The summed E-state index contributed by atoms with van der Waals surface area (Å²) in [4.78, 5) is 22.0. The summed E-state index contributed by atoms with van der Waals surface area (Å²) in [7, 11) is 0. The van der Waals surface area contributed by atoms with Crippen molar-refractivity contribution in [3.05, 3.63) is 35.9 Å². The lowest BCUT2D eigenvalue weighted by Crippen LogP contribution is -2.18. The van der Waals surface area contributed by atoms with Crippen LogP contribution >= 0.6 is 0 Å². The first-order valence-electron chi connectivity index (χ1n) is 5.44. The Morgan fingerprint density at radius 2 is 1.88 bits per heavy atom. The third kappa shape index (κ3) is 5.70. The van der Waals surface area contributed by atoms with Crippen LogP contribution in [-0.2, 0) is 25.7 Å². The van der Waals surface area contributed by atoms with Gasteiger partial charge in [0.2, 0.25) is 0 Å². The Morgan fingerprint density at radius 1 is 1.24 bits per heavy atom. The van der Waals surface area contributed by atoms with Crippen LogP contribution < -0.4 is 0 Å². The smallest absolute Gasteiger partial charge is 0.309 e. The Balaban J connectivity index is 2.28. The molecule has 0 aliphatic rings. The molecule has 17 heavy (non-hydrogen) atoms. The summed E-state index contributed by atoms with van der Waals surface area (Å²) in [5, 5.41) is 0. The van der Waals surface area contributed by atoms with Crippen LogP contribution in [0.3, 0.4) is 0 Å². The van der Waals surface area contributed by atoms with E-state index in [1.165, 1.54) is 6.92 Å². The number of esters is 2. The van der Waals surface area contributed by atoms with Gasteiger partial charge < -0.3 is 9.47 Å². The lowest BCUT2D eigenvalue weighted by molar-refractivity contribution is -0.153. The van der Waals surface area contributed by atoms with Gasteiger partial charge in [-0.3, -0.25) is 9.59 Å². The number of rotatable bonds is 5. The fourth-order valence-electron chi connectivity index (χ4n) is 1.36. The van der Waals surface area contributed by atoms with Crippen molar-refractivity contribution < 1.29 is 19.1 Å². The molecule has 1 aromatic rings. The summed E-state index contributed by atoms with van der Waals surface area (Å²) >= 11 is 0. The monoisotopic (exact) mass is 236 g/mol. The summed E-state index contributed by atoms with van der Waals surface area (Å²) in [6.07, 6.45) is -0.373. The molecule has 0 heterocycles. The molecule has 92 valence electrons. The minimum Gasteiger partial charge on any atom is -0.462 e. The topological polar surface area (TPSA) is 52.6 Å². The molecule has 0 aromatic heterocycles. The van der Waals surface area contributed by atoms with Crippen LogP contribution in [0, 0.1) is 0 Å².